The first-order valence-electron chi connectivity index (χ1n) is 24.9. The van der Waals surface area contributed by atoms with E-state index in [0.29, 0.717) is 0 Å². The van der Waals surface area contributed by atoms with Crippen molar-refractivity contribution in [3.05, 3.63) is 251 Å². The number of ether oxygens (including phenoxy) is 10. The fraction of sp³-hybridized carbons (Fsp3) is 0.197. The lowest BCUT2D eigenvalue weighted by molar-refractivity contribution is -0.381. The summed E-state index contributed by atoms with van der Waals surface area (Å²) >= 11 is 0. The van der Waals surface area contributed by atoms with Crippen LogP contribution in [0.25, 0.3) is 0 Å². The van der Waals surface area contributed by atoms with E-state index in [9.17, 15) is 38.7 Å². The zero-order chi connectivity index (χ0) is 55.1. The van der Waals surface area contributed by atoms with Crippen molar-refractivity contribution in [1.29, 1.82) is 0 Å². The smallest absolute Gasteiger partial charge is 0.338 e. The molecule has 0 saturated carbocycles. The Hall–Kier alpha value is -9.33. The third kappa shape index (κ3) is 13.3. The molecule has 0 unspecified atom stereocenters. The van der Waals surface area contributed by atoms with Gasteiger partial charge in [-0.3, -0.25) is 0 Å². The van der Waals surface area contributed by atoms with Gasteiger partial charge >= 0.3 is 41.8 Å². The maximum atomic E-state index is 14.4. The van der Waals surface area contributed by atoms with Crippen LogP contribution in [-0.2, 0) is 47.4 Å². The second-order valence-electron chi connectivity index (χ2n) is 17.9. The monoisotopic (exact) mass is 1070 g/mol. The molecule has 79 heavy (non-hydrogen) atoms. The minimum Gasteiger partial charge on any atom is -0.459 e. The van der Waals surface area contributed by atoms with Crippen molar-refractivity contribution in [3.63, 3.8) is 0 Å². The molecule has 0 amide bonds. The van der Waals surface area contributed by atoms with Crippen LogP contribution in [0.2, 0.25) is 0 Å². The molecule has 0 bridgehead atoms. The Kier molecular flexibility index (Phi) is 17.7. The summed E-state index contributed by atoms with van der Waals surface area (Å²) in [6.45, 7) is -2.78. The highest BCUT2D eigenvalue weighted by Crippen LogP contribution is 2.42. The fourth-order valence-corrected chi connectivity index (χ4v) is 8.68. The van der Waals surface area contributed by atoms with E-state index in [1.165, 1.54) is 84.9 Å². The molecular weight excluding hydrogens is 1020 g/mol. The number of carbonyl (C=O) groups is 7. The molecule has 0 aromatic heterocycles. The van der Waals surface area contributed by atoms with E-state index in [2.05, 4.69) is 0 Å². The van der Waals surface area contributed by atoms with Gasteiger partial charge in [0.05, 0.1) is 38.9 Å². The number of hydrogen-bond donors (Lipinski definition) is 1. The zero-order valence-corrected chi connectivity index (χ0v) is 41.8. The van der Waals surface area contributed by atoms with Gasteiger partial charge in [0, 0.05) is 0 Å². The van der Waals surface area contributed by atoms with Gasteiger partial charge in [-0.25, -0.2) is 33.6 Å². The van der Waals surface area contributed by atoms with Crippen molar-refractivity contribution in [2.45, 2.75) is 54.8 Å². The lowest BCUT2D eigenvalue weighted by atomic mass is 9.97. The van der Waals surface area contributed by atoms with Crippen molar-refractivity contribution in [3.8, 4) is 0 Å². The largest absolute Gasteiger partial charge is 0.459 e. The highest BCUT2D eigenvalue weighted by molar-refractivity contribution is 5.93. The molecule has 2 saturated heterocycles. The van der Waals surface area contributed by atoms with E-state index < -0.39 is 116 Å². The second kappa shape index (κ2) is 25.7. The Labute approximate surface area is 452 Å². The van der Waals surface area contributed by atoms with Crippen LogP contribution in [0.15, 0.2) is 212 Å². The summed E-state index contributed by atoms with van der Waals surface area (Å²) in [6.07, 6.45) is -15.2. The molecule has 9 rings (SSSR count). The van der Waals surface area contributed by atoms with Crippen molar-refractivity contribution >= 4 is 41.8 Å². The van der Waals surface area contributed by atoms with E-state index in [-0.39, 0.29) is 38.9 Å². The molecule has 18 nitrogen and oxygen atoms in total. The van der Waals surface area contributed by atoms with Crippen molar-refractivity contribution < 1.29 is 86.0 Å². The summed E-state index contributed by atoms with van der Waals surface area (Å²) in [7, 11) is 0. The number of benzene rings is 7. The van der Waals surface area contributed by atoms with Gasteiger partial charge in [0.1, 0.15) is 32.0 Å². The van der Waals surface area contributed by atoms with Gasteiger partial charge in [-0.2, -0.15) is 0 Å². The van der Waals surface area contributed by atoms with Gasteiger partial charge in [0.25, 0.3) is 0 Å². The lowest BCUT2D eigenvalue weighted by Gasteiger charge is -2.46. The quantitative estimate of drug-likeness (QED) is 0.0605. The number of rotatable bonds is 19. The second-order valence-corrected chi connectivity index (χ2v) is 17.9. The van der Waals surface area contributed by atoms with Crippen LogP contribution in [-0.4, -0.2) is 122 Å². The van der Waals surface area contributed by atoms with Gasteiger partial charge in [-0.15, -0.1) is 0 Å². The molecule has 2 heterocycles. The average Bonchev–Trinajstić information content (AvgIpc) is 3.89. The number of aliphatic hydroxyl groups is 1. The van der Waals surface area contributed by atoms with Crippen LogP contribution in [0.5, 0.6) is 0 Å². The zero-order valence-electron chi connectivity index (χ0n) is 41.8. The summed E-state index contributed by atoms with van der Waals surface area (Å²) in [6, 6.07) is 54.0. The number of hydrogen-bond acceptors (Lipinski definition) is 18. The van der Waals surface area contributed by atoms with Crippen LogP contribution in [0.1, 0.15) is 72.5 Å². The van der Waals surface area contributed by atoms with Crippen molar-refractivity contribution in [2.75, 3.05) is 19.8 Å². The molecule has 2 fully saturated rings. The molecule has 402 valence electrons. The van der Waals surface area contributed by atoms with E-state index in [0.717, 1.165) is 0 Å². The van der Waals surface area contributed by atoms with Gasteiger partial charge in [0.2, 0.25) is 12.1 Å². The van der Waals surface area contributed by atoms with Crippen LogP contribution in [0, 0.1) is 0 Å². The lowest BCUT2D eigenvalue weighted by Crippen LogP contribution is -2.65. The predicted octanol–water partition coefficient (Wildman–Crippen LogP) is 7.66. The van der Waals surface area contributed by atoms with Gasteiger partial charge in [-0.05, 0) is 84.9 Å². The molecule has 1 N–H and O–H groups in total. The standard InChI is InChI=1S/C61H50O18/c62-38-61(52(77-59(69)45-34-20-7-21-35-45)49(74-56(66)42-28-14-4-15-29-42)47(78-61)37-71-54(64)40-24-10-2-11-25-40)79-60-51(76-58(68)44-32-18-6-19-33-44)50(75-57(67)43-30-16-5-17-31-43)48(73-55(65)41-26-12-3-13-27-41)46(72-60)36-70-53(63)39-22-8-1-9-23-39/h1-35,46-52,60,62H,36-38H2/t46-,47-,48-,49-,50+,51-,52+,60-,61+/m1/s1. The van der Waals surface area contributed by atoms with Gasteiger partial charge in [-0.1, -0.05) is 127 Å². The Balaban J connectivity index is 1.18. The third-order valence-corrected chi connectivity index (χ3v) is 12.6. The fourth-order valence-electron chi connectivity index (χ4n) is 8.68. The maximum absolute atomic E-state index is 14.4. The Bertz CT molecular complexity index is 3190. The normalized spacial score (nSPS) is 22.2. The molecule has 2 aliphatic heterocycles. The SMILES string of the molecule is O=C(OC[C@H]1O[C@@](CO)(O[C@H]2O[C@H](COC(=O)c3ccccc3)[C@@H](OC(=O)c3ccccc3)[C@H](OC(=O)c3ccccc3)[C@H]2OC(=O)c2ccccc2)[C@@H](OC(=O)c2ccccc2)[C@@H]1OC(=O)c1ccccc1)c1ccccc1. The first-order chi connectivity index (χ1) is 38.5. The van der Waals surface area contributed by atoms with E-state index in [1.54, 1.807) is 127 Å². The Morgan fingerprint density at radius 2 is 0.646 bits per heavy atom. The Morgan fingerprint density at radius 3 is 1.00 bits per heavy atom. The third-order valence-electron chi connectivity index (χ3n) is 12.6. The summed E-state index contributed by atoms with van der Waals surface area (Å²) in [5.74, 6) is -9.53. The number of carbonyl (C=O) groups excluding carboxylic acids is 7. The topological polar surface area (TPSA) is 232 Å². The van der Waals surface area contributed by atoms with Gasteiger partial charge in [0.15, 0.2) is 30.5 Å². The first-order valence-corrected chi connectivity index (χ1v) is 24.9. The predicted molar refractivity (Wildman–Crippen MR) is 276 cm³/mol. The molecule has 0 aliphatic carbocycles. The van der Waals surface area contributed by atoms with Crippen molar-refractivity contribution in [1.82, 2.24) is 0 Å². The minimum absolute atomic E-state index is 0.00500. The first kappa shape index (κ1) is 54.5. The maximum Gasteiger partial charge on any atom is 0.338 e. The van der Waals surface area contributed by atoms with Gasteiger partial charge < -0.3 is 52.5 Å². The van der Waals surface area contributed by atoms with Crippen LogP contribution in [0.4, 0.5) is 0 Å². The summed E-state index contributed by atoms with van der Waals surface area (Å²) in [4.78, 5) is 98.7. The van der Waals surface area contributed by atoms with Crippen LogP contribution in [0.3, 0.4) is 0 Å². The van der Waals surface area contributed by atoms with Crippen LogP contribution >= 0.6 is 0 Å². The average molecular weight is 1070 g/mol. The molecule has 7 aromatic carbocycles. The molecule has 0 spiro atoms. The Morgan fingerprint density at radius 1 is 0.354 bits per heavy atom. The molecule has 9 atom stereocenters. The van der Waals surface area contributed by atoms with E-state index in [4.69, 9.17) is 47.4 Å². The number of aliphatic hydroxyl groups excluding tert-OH is 1. The summed E-state index contributed by atoms with van der Waals surface area (Å²) in [5, 5.41) is 11.8. The summed E-state index contributed by atoms with van der Waals surface area (Å²) in [5.41, 5.74) is 0.268. The molecule has 2 aliphatic rings. The molecule has 18 heteroatoms. The van der Waals surface area contributed by atoms with E-state index >= 15 is 0 Å². The van der Waals surface area contributed by atoms with Crippen LogP contribution < -0.4 is 0 Å². The molecule has 7 aromatic rings. The van der Waals surface area contributed by atoms with Crippen molar-refractivity contribution in [2.24, 2.45) is 0 Å². The molecule has 0 radical (unpaired) electrons. The summed E-state index contributed by atoms with van der Waals surface area (Å²) < 4.78 is 62.4. The number of esters is 7. The highest BCUT2D eigenvalue weighted by atomic mass is 16.8. The molecular formula is C61H50O18. The highest BCUT2D eigenvalue weighted by Gasteiger charge is 2.64. The van der Waals surface area contributed by atoms with E-state index in [1.807, 2.05) is 0 Å². The minimum atomic E-state index is -2.77.